The molecule has 5 rings (SSSR count). The van der Waals surface area contributed by atoms with Gasteiger partial charge in [-0.15, -0.1) is 0 Å². The van der Waals surface area contributed by atoms with E-state index in [1.165, 1.54) is 12.8 Å². The van der Waals surface area contributed by atoms with Gasteiger partial charge in [0.05, 0.1) is 30.3 Å². The Kier molecular flexibility index (Phi) is 5.52. The molecule has 2 aromatic carbocycles. The monoisotopic (exact) mass is 430 g/mol. The number of nitrogens with one attached hydrogen (secondary N) is 1. The van der Waals surface area contributed by atoms with E-state index in [1.54, 1.807) is 0 Å². The fraction of sp³-hybridized carbons (Fsp3) is 0.462. The molecular formula is C26H30N4O2. The third-order valence-corrected chi connectivity index (χ3v) is 7.62. The summed E-state index contributed by atoms with van der Waals surface area (Å²) < 4.78 is 0. The van der Waals surface area contributed by atoms with Crippen LogP contribution in [-0.2, 0) is 0 Å². The number of benzene rings is 2. The van der Waals surface area contributed by atoms with Crippen LogP contribution in [0.15, 0.2) is 42.5 Å². The minimum Gasteiger partial charge on any atom is -0.394 e. The van der Waals surface area contributed by atoms with Gasteiger partial charge < -0.3 is 20.2 Å². The van der Waals surface area contributed by atoms with Crippen molar-refractivity contribution < 1.29 is 9.90 Å². The van der Waals surface area contributed by atoms with Gasteiger partial charge in [-0.05, 0) is 60.2 Å². The minimum atomic E-state index is -0.0566. The number of aliphatic hydroxyl groups is 1. The van der Waals surface area contributed by atoms with Crippen LogP contribution in [0.5, 0.6) is 0 Å². The molecule has 1 saturated carbocycles. The Bertz CT molecular complexity index is 1060. The van der Waals surface area contributed by atoms with Crippen LogP contribution in [-0.4, -0.2) is 48.3 Å². The maximum Gasteiger partial charge on any atom is 0.318 e. The van der Waals surface area contributed by atoms with E-state index in [0.717, 1.165) is 41.6 Å². The summed E-state index contributed by atoms with van der Waals surface area (Å²) in [5.41, 5.74) is 4.86. The fourth-order valence-electron chi connectivity index (χ4n) is 5.96. The second kappa shape index (κ2) is 8.48. The number of nitrogens with zero attached hydrogens (tertiary/aromatic N) is 3. The minimum absolute atomic E-state index is 0.00968. The van der Waals surface area contributed by atoms with Gasteiger partial charge in [0, 0.05) is 31.2 Å². The van der Waals surface area contributed by atoms with E-state index in [4.69, 9.17) is 0 Å². The van der Waals surface area contributed by atoms with Crippen LogP contribution in [0.25, 0.3) is 11.1 Å². The number of hydrogen-bond acceptors (Lipinski definition) is 4. The third-order valence-electron chi connectivity index (χ3n) is 7.62. The lowest BCUT2D eigenvalue weighted by atomic mass is 9.81. The van der Waals surface area contributed by atoms with Gasteiger partial charge in [-0.25, -0.2) is 4.79 Å². The molecule has 2 aliphatic heterocycles. The first-order valence-electron chi connectivity index (χ1n) is 11.7. The van der Waals surface area contributed by atoms with E-state index < -0.39 is 0 Å². The zero-order chi connectivity index (χ0) is 22.2. The van der Waals surface area contributed by atoms with E-state index >= 15 is 0 Å². The number of amides is 2. The van der Waals surface area contributed by atoms with Gasteiger partial charge >= 0.3 is 6.03 Å². The summed E-state index contributed by atoms with van der Waals surface area (Å²) in [7, 11) is 2.03. The van der Waals surface area contributed by atoms with E-state index in [-0.39, 0.29) is 36.7 Å². The normalized spacial score (nSPS) is 24.7. The molecule has 2 fully saturated rings. The molecule has 1 aliphatic carbocycles. The quantitative estimate of drug-likeness (QED) is 0.770. The van der Waals surface area contributed by atoms with Crippen molar-refractivity contribution in [2.45, 2.75) is 50.2 Å². The molecule has 2 aromatic rings. The van der Waals surface area contributed by atoms with Crippen LogP contribution < -0.4 is 10.2 Å². The van der Waals surface area contributed by atoms with Crippen LogP contribution >= 0.6 is 0 Å². The number of aliphatic hydroxyl groups excluding tert-OH is 1. The predicted molar refractivity (Wildman–Crippen MR) is 124 cm³/mol. The number of hydrogen-bond donors (Lipinski definition) is 2. The number of carbonyl (C=O) groups excluding carboxylic acids is 1. The number of carbonyl (C=O) groups is 1. The first-order chi connectivity index (χ1) is 15.6. The summed E-state index contributed by atoms with van der Waals surface area (Å²) >= 11 is 0. The first-order valence-corrected chi connectivity index (χ1v) is 11.7. The zero-order valence-electron chi connectivity index (χ0n) is 18.5. The molecule has 2 heterocycles. The molecule has 2 amide bonds. The molecule has 0 radical (unpaired) electrons. The number of rotatable bonds is 3. The summed E-state index contributed by atoms with van der Waals surface area (Å²) in [4.78, 5) is 17.4. The standard InChI is InChI=1S/C26H30N4O2/c1-29-23-10-9-19(18-6-4-5-17(13-18)15-27)14-22(23)25-21(24(29)16-31)11-12-30(25)26(32)28-20-7-2-3-8-20/h4-6,9-10,13-14,20-21,24-25,31H,2-3,7-8,11-12,16H2,1H3,(H,28,32)/t21-,24+,25-/m0/s1. The highest BCUT2D eigenvalue weighted by Crippen LogP contribution is 2.49. The molecule has 3 aliphatic rings. The van der Waals surface area contributed by atoms with Crippen LogP contribution in [0.4, 0.5) is 10.5 Å². The molecule has 1 saturated heterocycles. The average Bonchev–Trinajstić information content (AvgIpc) is 3.49. The van der Waals surface area contributed by atoms with Crippen molar-refractivity contribution in [1.82, 2.24) is 10.2 Å². The van der Waals surface area contributed by atoms with Gasteiger partial charge in [0.15, 0.2) is 0 Å². The van der Waals surface area contributed by atoms with E-state index in [0.29, 0.717) is 12.1 Å². The van der Waals surface area contributed by atoms with Crippen LogP contribution in [0.1, 0.15) is 49.3 Å². The zero-order valence-corrected chi connectivity index (χ0v) is 18.5. The van der Waals surface area contributed by atoms with Gasteiger partial charge in [0.25, 0.3) is 0 Å². The first kappa shape index (κ1) is 20.8. The van der Waals surface area contributed by atoms with Gasteiger partial charge in [-0.2, -0.15) is 5.26 Å². The van der Waals surface area contributed by atoms with E-state index in [1.807, 2.05) is 36.2 Å². The smallest absolute Gasteiger partial charge is 0.318 e. The molecule has 0 bridgehead atoms. The van der Waals surface area contributed by atoms with E-state index in [2.05, 4.69) is 34.5 Å². The number of likely N-dealkylation sites (tertiary alicyclic amines) is 1. The maximum absolute atomic E-state index is 13.3. The largest absolute Gasteiger partial charge is 0.394 e. The van der Waals surface area contributed by atoms with Crippen molar-refractivity contribution in [1.29, 1.82) is 5.26 Å². The molecule has 6 nitrogen and oxygen atoms in total. The van der Waals surface area contributed by atoms with Gasteiger partial charge in [0.2, 0.25) is 0 Å². The Morgan fingerprint density at radius 2 is 1.94 bits per heavy atom. The molecule has 0 spiro atoms. The summed E-state index contributed by atoms with van der Waals surface area (Å²) in [6.45, 7) is 0.771. The van der Waals surface area contributed by atoms with Crippen LogP contribution in [0.3, 0.4) is 0 Å². The van der Waals surface area contributed by atoms with Crippen LogP contribution in [0, 0.1) is 17.2 Å². The molecule has 0 unspecified atom stereocenters. The molecule has 2 N–H and O–H groups in total. The number of nitriles is 1. The number of urea groups is 1. The Hall–Kier alpha value is -3.04. The number of fused-ring (bicyclic) bond motifs is 3. The average molecular weight is 431 g/mol. The lowest BCUT2D eigenvalue weighted by Crippen LogP contribution is -2.50. The van der Waals surface area contributed by atoms with Gasteiger partial charge in [-0.3, -0.25) is 0 Å². The van der Waals surface area contributed by atoms with Crippen molar-refractivity contribution in [3.8, 4) is 17.2 Å². The molecule has 3 atom stereocenters. The van der Waals surface area contributed by atoms with E-state index in [9.17, 15) is 15.2 Å². The Morgan fingerprint density at radius 1 is 1.16 bits per heavy atom. The summed E-state index contributed by atoms with van der Waals surface area (Å²) in [5, 5.41) is 22.7. The second-order valence-corrected chi connectivity index (χ2v) is 9.35. The van der Waals surface area contributed by atoms with Crippen molar-refractivity contribution in [2.24, 2.45) is 5.92 Å². The highest BCUT2D eigenvalue weighted by molar-refractivity contribution is 5.78. The molecular weight excluding hydrogens is 400 g/mol. The molecule has 166 valence electrons. The summed E-state index contributed by atoms with van der Waals surface area (Å²) in [6.07, 6.45) is 5.37. The summed E-state index contributed by atoms with van der Waals surface area (Å²) in [5.74, 6) is 0.188. The van der Waals surface area contributed by atoms with Crippen molar-refractivity contribution in [2.75, 3.05) is 25.1 Å². The van der Waals surface area contributed by atoms with Crippen molar-refractivity contribution in [3.63, 3.8) is 0 Å². The SMILES string of the molecule is CN1c2ccc(-c3cccc(C#N)c3)cc2[C@@H]2[C@@H](CCN2C(=O)NC2CCCC2)[C@H]1CO. The number of likely N-dealkylation sites (N-methyl/N-ethyl adjacent to an activating group) is 1. The second-order valence-electron chi connectivity index (χ2n) is 9.35. The fourth-order valence-corrected chi connectivity index (χ4v) is 5.96. The lowest BCUT2D eigenvalue weighted by molar-refractivity contribution is 0.158. The highest BCUT2D eigenvalue weighted by Gasteiger charge is 2.48. The van der Waals surface area contributed by atoms with Gasteiger partial charge in [-0.1, -0.05) is 31.0 Å². The maximum atomic E-state index is 13.3. The molecule has 6 heteroatoms. The van der Waals surface area contributed by atoms with Crippen molar-refractivity contribution >= 4 is 11.7 Å². The molecule has 32 heavy (non-hydrogen) atoms. The van der Waals surface area contributed by atoms with Gasteiger partial charge in [0.1, 0.15) is 0 Å². The summed E-state index contributed by atoms with van der Waals surface area (Å²) in [6, 6.07) is 16.4. The lowest BCUT2D eigenvalue weighted by Gasteiger charge is -2.44. The third kappa shape index (κ3) is 3.51. The Balaban J connectivity index is 1.53. The Labute approximate surface area is 189 Å². The highest BCUT2D eigenvalue weighted by atomic mass is 16.3. The van der Waals surface area contributed by atoms with Crippen molar-refractivity contribution in [3.05, 3.63) is 53.6 Å². The molecule has 0 aromatic heterocycles. The van der Waals surface area contributed by atoms with Crippen LogP contribution in [0.2, 0.25) is 0 Å². The topological polar surface area (TPSA) is 79.6 Å². The predicted octanol–water partition coefficient (Wildman–Crippen LogP) is 4.05. The Morgan fingerprint density at radius 3 is 2.69 bits per heavy atom. The number of anilines is 1.